The van der Waals surface area contributed by atoms with Crippen molar-refractivity contribution in [2.75, 3.05) is 20.3 Å². The van der Waals surface area contributed by atoms with Crippen LogP contribution in [0.1, 0.15) is 31.8 Å². The predicted octanol–water partition coefficient (Wildman–Crippen LogP) is 6.86. The number of hydrogen-bond donors (Lipinski definition) is 3. The van der Waals surface area contributed by atoms with Crippen molar-refractivity contribution in [3.8, 4) is 0 Å². The normalized spacial score (nSPS) is 20.9. The highest BCUT2D eigenvalue weighted by Gasteiger charge is 2.51. The van der Waals surface area contributed by atoms with Gasteiger partial charge in [-0.2, -0.15) is 0 Å². The van der Waals surface area contributed by atoms with Gasteiger partial charge < -0.3 is 15.9 Å². The zero-order chi connectivity index (χ0) is 25.3. The standard InChI is InChI=1S/C23H22FNOS.C6H12N2.H2/c1-26-15-23-12-6-7-17(13-16(23)14-23)27-21-11-5-3-9-19(21)22(25)18-8-2-4-10-20(18)24;1-2-3-6(4-7)5-8;/h2-6,8-13,16,25H,7,14-15H2,1H3;2,4,6-7H,1,3,5,8H2;1H. The summed E-state index contributed by atoms with van der Waals surface area (Å²) in [4.78, 5) is 2.27. The molecule has 4 rings (SSSR count). The minimum Gasteiger partial charge on any atom is -0.384 e. The van der Waals surface area contributed by atoms with E-state index in [1.165, 1.54) is 17.2 Å². The summed E-state index contributed by atoms with van der Waals surface area (Å²) in [6.07, 6.45) is 12.9. The van der Waals surface area contributed by atoms with Crippen LogP contribution < -0.4 is 5.73 Å². The van der Waals surface area contributed by atoms with Gasteiger partial charge in [-0.25, -0.2) is 4.39 Å². The minimum atomic E-state index is -0.360. The van der Waals surface area contributed by atoms with Crippen LogP contribution in [0.15, 0.2) is 89.2 Å². The maximum Gasteiger partial charge on any atom is 0.132 e. The number of rotatable bonds is 10. The fourth-order valence-corrected chi connectivity index (χ4v) is 5.31. The molecule has 1 saturated carbocycles. The largest absolute Gasteiger partial charge is 0.384 e. The van der Waals surface area contributed by atoms with E-state index in [-0.39, 0.29) is 24.3 Å². The summed E-state index contributed by atoms with van der Waals surface area (Å²) < 4.78 is 19.6. The van der Waals surface area contributed by atoms with Crippen molar-refractivity contribution >= 4 is 23.7 Å². The van der Waals surface area contributed by atoms with Gasteiger partial charge in [0.25, 0.3) is 0 Å². The summed E-state index contributed by atoms with van der Waals surface area (Å²) in [7, 11) is 1.76. The van der Waals surface area contributed by atoms with Crippen molar-refractivity contribution in [1.29, 1.82) is 10.8 Å². The number of hydrogen-bond acceptors (Lipinski definition) is 5. The summed E-state index contributed by atoms with van der Waals surface area (Å²) in [5.41, 5.74) is 6.77. The maximum absolute atomic E-state index is 14.2. The SMILES string of the molecule is C=CCC(C=N)CN.COCC12C=CCC(Sc3ccccc3C(=N)c3ccccc3F)=CC1C2.[HH]. The monoisotopic (exact) mass is 493 g/mol. The minimum absolute atomic E-state index is 0. The van der Waals surface area contributed by atoms with E-state index >= 15 is 0 Å². The van der Waals surface area contributed by atoms with E-state index in [2.05, 4.69) is 24.8 Å². The molecule has 6 heteroatoms. The van der Waals surface area contributed by atoms with Crippen molar-refractivity contribution in [2.24, 2.45) is 23.0 Å². The number of thioether (sulfide) groups is 1. The summed E-state index contributed by atoms with van der Waals surface area (Å²) in [5, 5.41) is 15.4. The molecule has 2 aromatic carbocycles. The third-order valence-electron chi connectivity index (χ3n) is 6.30. The lowest BCUT2D eigenvalue weighted by molar-refractivity contribution is 0.157. The molecule has 0 spiro atoms. The Hall–Kier alpha value is -2.80. The van der Waals surface area contributed by atoms with Crippen molar-refractivity contribution in [3.05, 3.63) is 101 Å². The quantitative estimate of drug-likeness (QED) is 0.250. The molecule has 2 aromatic rings. The van der Waals surface area contributed by atoms with Gasteiger partial charge in [-0.3, -0.25) is 5.41 Å². The molecule has 186 valence electrons. The molecule has 0 radical (unpaired) electrons. The van der Waals surface area contributed by atoms with E-state index in [0.29, 0.717) is 18.0 Å². The van der Waals surface area contributed by atoms with Crippen LogP contribution in [0.25, 0.3) is 0 Å². The molecule has 0 saturated heterocycles. The number of methoxy groups -OCH3 is 1. The van der Waals surface area contributed by atoms with Crippen LogP contribution >= 0.6 is 11.8 Å². The van der Waals surface area contributed by atoms with Crippen molar-refractivity contribution in [1.82, 2.24) is 0 Å². The van der Waals surface area contributed by atoms with E-state index in [4.69, 9.17) is 21.3 Å². The number of benzene rings is 2. The molecule has 0 heterocycles. The van der Waals surface area contributed by atoms with E-state index in [1.807, 2.05) is 24.3 Å². The molecular weight excluding hydrogens is 457 g/mol. The van der Waals surface area contributed by atoms with E-state index in [9.17, 15) is 4.39 Å². The molecule has 0 amide bonds. The number of halogens is 1. The Bertz CT molecular complexity index is 1120. The first-order valence-corrected chi connectivity index (χ1v) is 12.6. The van der Waals surface area contributed by atoms with Crippen molar-refractivity contribution < 1.29 is 10.6 Å². The fraction of sp³-hybridized carbons (Fsp3) is 0.310. The molecule has 35 heavy (non-hydrogen) atoms. The lowest BCUT2D eigenvalue weighted by Crippen LogP contribution is -2.13. The van der Waals surface area contributed by atoms with Crippen LogP contribution in [-0.4, -0.2) is 32.2 Å². The molecule has 0 bridgehead atoms. The number of ether oxygens (including phenoxy) is 1. The summed E-state index contributed by atoms with van der Waals surface area (Å²) >= 11 is 1.69. The second-order valence-corrected chi connectivity index (χ2v) is 10.0. The van der Waals surface area contributed by atoms with E-state index in [1.54, 1.807) is 43.1 Å². The van der Waals surface area contributed by atoms with Crippen LogP contribution in [0, 0.1) is 33.9 Å². The topological polar surface area (TPSA) is 83.0 Å². The van der Waals surface area contributed by atoms with Gasteiger partial charge in [0, 0.05) is 42.4 Å². The first-order valence-electron chi connectivity index (χ1n) is 11.8. The predicted molar refractivity (Wildman–Crippen MR) is 147 cm³/mol. The van der Waals surface area contributed by atoms with Gasteiger partial charge in [0.2, 0.25) is 0 Å². The van der Waals surface area contributed by atoms with Gasteiger partial charge in [0.15, 0.2) is 0 Å². The van der Waals surface area contributed by atoms with Gasteiger partial charge in [0.05, 0.1) is 12.3 Å². The third-order valence-corrected chi connectivity index (χ3v) is 7.44. The fourth-order valence-electron chi connectivity index (χ4n) is 4.19. The van der Waals surface area contributed by atoms with Gasteiger partial charge in [-0.05, 0) is 54.5 Å². The number of fused-ring (bicyclic) bond motifs is 1. The second-order valence-electron chi connectivity index (χ2n) is 8.86. The van der Waals surface area contributed by atoms with Crippen LogP contribution in [0.2, 0.25) is 0 Å². The number of nitrogens with one attached hydrogen (secondary N) is 2. The first kappa shape index (κ1) is 26.8. The second kappa shape index (κ2) is 12.8. The van der Waals surface area contributed by atoms with Crippen molar-refractivity contribution in [3.63, 3.8) is 0 Å². The molecule has 0 aliphatic heterocycles. The molecule has 2 aliphatic carbocycles. The van der Waals surface area contributed by atoms with Crippen LogP contribution in [0.3, 0.4) is 0 Å². The molecule has 0 aromatic heterocycles. The molecule has 4 nitrogen and oxygen atoms in total. The van der Waals surface area contributed by atoms with Crippen molar-refractivity contribution in [2.45, 2.75) is 24.2 Å². The number of nitrogens with two attached hydrogens (primary N) is 1. The molecule has 3 atom stereocenters. The van der Waals surface area contributed by atoms with Gasteiger partial charge >= 0.3 is 0 Å². The summed E-state index contributed by atoms with van der Waals surface area (Å²) in [6, 6.07) is 14.3. The molecule has 2 aliphatic rings. The van der Waals surface area contributed by atoms with Crippen LogP contribution in [-0.2, 0) is 4.74 Å². The lowest BCUT2D eigenvalue weighted by atomic mass is 10.0. The average molecular weight is 494 g/mol. The zero-order valence-electron chi connectivity index (χ0n) is 20.2. The lowest BCUT2D eigenvalue weighted by Gasteiger charge is -2.12. The Balaban J connectivity index is 0.000000442. The van der Waals surface area contributed by atoms with Crippen LogP contribution in [0.5, 0.6) is 0 Å². The molecule has 3 unspecified atom stereocenters. The third kappa shape index (κ3) is 6.88. The van der Waals surface area contributed by atoms with Gasteiger partial charge in [-0.15, -0.1) is 6.58 Å². The average Bonchev–Trinajstić information content (AvgIpc) is 3.56. The Morgan fingerprint density at radius 1 is 1.29 bits per heavy atom. The molecule has 1 fully saturated rings. The highest BCUT2D eigenvalue weighted by Crippen LogP contribution is 2.57. The molecular formula is C29H36FN3OS. The number of allylic oxidation sites excluding steroid dienone is 4. The zero-order valence-corrected chi connectivity index (χ0v) is 21.0. The van der Waals surface area contributed by atoms with E-state index in [0.717, 1.165) is 36.3 Å². The Kier molecular flexibility index (Phi) is 9.78. The maximum atomic E-state index is 14.2. The Labute approximate surface area is 213 Å². The highest BCUT2D eigenvalue weighted by molar-refractivity contribution is 8.03. The van der Waals surface area contributed by atoms with Crippen LogP contribution in [0.4, 0.5) is 4.39 Å². The van der Waals surface area contributed by atoms with E-state index < -0.39 is 0 Å². The van der Waals surface area contributed by atoms with Gasteiger partial charge in [-0.1, -0.05) is 66.4 Å². The molecule has 4 N–H and O–H groups in total. The highest BCUT2D eigenvalue weighted by atomic mass is 32.2. The summed E-state index contributed by atoms with van der Waals surface area (Å²) in [6.45, 7) is 4.85. The van der Waals surface area contributed by atoms with Gasteiger partial charge in [0.1, 0.15) is 5.82 Å². The summed E-state index contributed by atoms with van der Waals surface area (Å²) in [5.74, 6) is 0.366. The smallest absolute Gasteiger partial charge is 0.132 e. The Morgan fingerprint density at radius 2 is 2.00 bits per heavy atom. The first-order chi connectivity index (χ1) is 17.0. The Morgan fingerprint density at radius 3 is 2.63 bits per heavy atom.